The summed E-state index contributed by atoms with van der Waals surface area (Å²) in [6, 6.07) is 4.91. The minimum atomic E-state index is -3.94. The fourth-order valence-electron chi connectivity index (χ4n) is 5.31. The van der Waals surface area contributed by atoms with E-state index in [4.69, 9.17) is 11.6 Å². The lowest BCUT2D eigenvalue weighted by Gasteiger charge is -2.42. The fourth-order valence-corrected chi connectivity index (χ4v) is 7.71. The smallest absolute Gasteiger partial charge is 0.255 e. The van der Waals surface area contributed by atoms with Crippen molar-refractivity contribution in [1.29, 1.82) is 0 Å². The molecule has 6 nitrogen and oxygen atoms in total. The fraction of sp³-hybridized carbons (Fsp3) is 0.435. The summed E-state index contributed by atoms with van der Waals surface area (Å²) in [7, 11) is -2.20. The number of aliphatic hydroxyl groups is 1. The van der Waals surface area contributed by atoms with Crippen molar-refractivity contribution in [2.75, 3.05) is 18.9 Å². The third-order valence-electron chi connectivity index (χ3n) is 7.01. The molecule has 34 heavy (non-hydrogen) atoms. The van der Waals surface area contributed by atoms with E-state index in [2.05, 4.69) is 10.6 Å². The maximum atomic E-state index is 13.5. The van der Waals surface area contributed by atoms with Crippen molar-refractivity contribution in [2.45, 2.75) is 41.4 Å². The van der Waals surface area contributed by atoms with Gasteiger partial charge in [0.25, 0.3) is 5.91 Å². The molecule has 0 aromatic heterocycles. The second-order valence-corrected chi connectivity index (χ2v) is 11.6. The van der Waals surface area contributed by atoms with Crippen molar-refractivity contribution < 1.29 is 31.5 Å². The van der Waals surface area contributed by atoms with E-state index in [1.807, 2.05) is 0 Å². The van der Waals surface area contributed by atoms with Gasteiger partial charge in [-0.2, -0.15) is 0 Å². The van der Waals surface area contributed by atoms with Crippen molar-refractivity contribution in [3.63, 3.8) is 0 Å². The van der Waals surface area contributed by atoms with Crippen LogP contribution in [0.25, 0.3) is 0 Å². The highest BCUT2D eigenvalue weighted by atomic mass is 35.5. The van der Waals surface area contributed by atoms with Gasteiger partial charge in [0, 0.05) is 29.9 Å². The van der Waals surface area contributed by atoms with Crippen molar-refractivity contribution >= 4 is 33.0 Å². The molecule has 3 unspecified atom stereocenters. The highest BCUT2D eigenvalue weighted by Crippen LogP contribution is 2.51. The van der Waals surface area contributed by atoms with Gasteiger partial charge in [-0.1, -0.05) is 11.6 Å². The first kappa shape index (κ1) is 25.0. The SMILES string of the molecule is CNCC1(O)C2CC[C@H]1CC(S(=O)(=O)c1cc(C(=O)Nc3cc(F)c(F)c(F)c3)ccc1Cl)C2. The van der Waals surface area contributed by atoms with Gasteiger partial charge in [-0.15, -0.1) is 0 Å². The molecule has 2 aromatic rings. The van der Waals surface area contributed by atoms with Crippen LogP contribution in [0.2, 0.25) is 5.02 Å². The van der Waals surface area contributed by atoms with Crippen LogP contribution >= 0.6 is 11.6 Å². The highest BCUT2D eigenvalue weighted by Gasteiger charge is 2.55. The van der Waals surface area contributed by atoms with Crippen LogP contribution in [-0.2, 0) is 9.84 Å². The zero-order valence-corrected chi connectivity index (χ0v) is 19.8. The Labute approximate surface area is 200 Å². The lowest BCUT2D eigenvalue weighted by atomic mass is 9.74. The third kappa shape index (κ3) is 4.32. The Kier molecular flexibility index (Phi) is 6.71. The molecule has 0 radical (unpaired) electrons. The number of amides is 1. The molecule has 0 heterocycles. The van der Waals surface area contributed by atoms with Crippen LogP contribution in [0.5, 0.6) is 0 Å². The first-order chi connectivity index (χ1) is 16.0. The van der Waals surface area contributed by atoms with Gasteiger partial charge in [0.1, 0.15) is 0 Å². The average molecular weight is 517 g/mol. The van der Waals surface area contributed by atoms with E-state index < -0.39 is 44.0 Å². The number of carbonyl (C=O) groups is 1. The monoisotopic (exact) mass is 516 g/mol. The van der Waals surface area contributed by atoms with E-state index >= 15 is 0 Å². The van der Waals surface area contributed by atoms with E-state index in [1.54, 1.807) is 7.05 Å². The van der Waals surface area contributed by atoms with Gasteiger partial charge in [-0.25, -0.2) is 21.6 Å². The van der Waals surface area contributed by atoms with Crippen molar-refractivity contribution in [3.05, 3.63) is 58.4 Å². The number of benzene rings is 2. The summed E-state index contributed by atoms with van der Waals surface area (Å²) in [4.78, 5) is 12.4. The largest absolute Gasteiger partial charge is 0.388 e. The summed E-state index contributed by atoms with van der Waals surface area (Å²) < 4.78 is 67.1. The average Bonchev–Trinajstić information content (AvgIpc) is 2.93. The summed E-state index contributed by atoms with van der Waals surface area (Å²) in [5.41, 5.74) is -1.38. The van der Waals surface area contributed by atoms with Gasteiger partial charge < -0.3 is 15.7 Å². The van der Waals surface area contributed by atoms with E-state index in [0.29, 0.717) is 18.7 Å². The Balaban J connectivity index is 1.59. The summed E-state index contributed by atoms with van der Waals surface area (Å²) >= 11 is 6.21. The van der Waals surface area contributed by atoms with Gasteiger partial charge in [-0.05, 0) is 62.8 Å². The Hall–Kier alpha value is -2.14. The Morgan fingerprint density at radius 2 is 1.71 bits per heavy atom. The van der Waals surface area contributed by atoms with Crippen LogP contribution in [0.15, 0.2) is 35.2 Å². The van der Waals surface area contributed by atoms with Crippen LogP contribution < -0.4 is 10.6 Å². The zero-order valence-electron chi connectivity index (χ0n) is 18.2. The summed E-state index contributed by atoms with van der Waals surface area (Å²) in [6.45, 7) is 0.385. The molecule has 2 saturated carbocycles. The number of rotatable bonds is 6. The Morgan fingerprint density at radius 3 is 2.26 bits per heavy atom. The van der Waals surface area contributed by atoms with Crippen LogP contribution in [0.4, 0.5) is 18.9 Å². The number of likely N-dealkylation sites (N-methyl/N-ethyl adjacent to an activating group) is 1. The number of fused-ring (bicyclic) bond motifs is 2. The molecule has 2 bridgehead atoms. The number of carbonyl (C=O) groups excluding carboxylic acids is 1. The van der Waals surface area contributed by atoms with Crippen molar-refractivity contribution in [2.24, 2.45) is 11.8 Å². The molecule has 184 valence electrons. The lowest BCUT2D eigenvalue weighted by Crippen LogP contribution is -2.53. The van der Waals surface area contributed by atoms with Crippen molar-refractivity contribution in [1.82, 2.24) is 5.32 Å². The first-order valence-corrected chi connectivity index (χ1v) is 12.8. The molecular weight excluding hydrogens is 493 g/mol. The number of sulfone groups is 1. The standard InChI is InChI=1S/C23H24ClF3N2O4S/c1-28-11-23(31)13-3-4-14(23)8-16(7-13)34(32,33)20-6-12(2-5-17(20)24)22(30)29-15-9-18(25)21(27)19(26)10-15/h2,5-6,9-10,13-14,16,28,31H,3-4,7-8,11H2,1H3,(H,29,30)/t13-,14?,16?,23?/m0/s1. The van der Waals surface area contributed by atoms with Crippen LogP contribution in [0, 0.1) is 29.3 Å². The molecule has 4 rings (SSSR count). The Morgan fingerprint density at radius 1 is 1.12 bits per heavy atom. The zero-order chi connectivity index (χ0) is 24.8. The molecule has 0 spiro atoms. The molecule has 11 heteroatoms. The number of halogens is 4. The van der Waals surface area contributed by atoms with Gasteiger partial charge in [0.2, 0.25) is 0 Å². The minimum Gasteiger partial charge on any atom is -0.388 e. The number of nitrogens with one attached hydrogen (secondary N) is 2. The topological polar surface area (TPSA) is 95.5 Å². The summed E-state index contributed by atoms with van der Waals surface area (Å²) in [6.07, 6.45) is 2.02. The summed E-state index contributed by atoms with van der Waals surface area (Å²) in [5.74, 6) is -5.80. The molecule has 2 fully saturated rings. The normalized spacial score (nSPS) is 26.5. The second kappa shape index (κ2) is 9.14. The molecule has 2 aromatic carbocycles. The van der Waals surface area contributed by atoms with E-state index in [9.17, 15) is 31.5 Å². The molecule has 1 amide bonds. The van der Waals surface area contributed by atoms with Gasteiger partial charge in [0.05, 0.1) is 20.8 Å². The predicted octanol–water partition coefficient (Wildman–Crippen LogP) is 3.92. The van der Waals surface area contributed by atoms with E-state index in [1.165, 1.54) is 12.1 Å². The van der Waals surface area contributed by atoms with Crippen LogP contribution in [0.3, 0.4) is 0 Å². The van der Waals surface area contributed by atoms with Gasteiger partial charge in [0.15, 0.2) is 27.3 Å². The molecule has 4 atom stereocenters. The predicted molar refractivity (Wildman–Crippen MR) is 121 cm³/mol. The maximum absolute atomic E-state index is 13.5. The molecule has 2 aliphatic carbocycles. The molecular formula is C23H24ClF3N2O4S. The van der Waals surface area contributed by atoms with Crippen LogP contribution in [0.1, 0.15) is 36.0 Å². The highest BCUT2D eigenvalue weighted by molar-refractivity contribution is 7.92. The Bertz CT molecular complexity index is 1200. The first-order valence-electron chi connectivity index (χ1n) is 10.8. The molecule has 0 saturated heterocycles. The molecule has 2 aliphatic rings. The van der Waals surface area contributed by atoms with E-state index in [0.717, 1.165) is 18.9 Å². The third-order valence-corrected chi connectivity index (χ3v) is 9.67. The molecule has 3 N–H and O–H groups in total. The van der Waals surface area contributed by atoms with Crippen LogP contribution in [-0.4, -0.2) is 43.9 Å². The second-order valence-electron chi connectivity index (χ2n) is 8.98. The lowest BCUT2D eigenvalue weighted by molar-refractivity contribution is -0.0550. The number of hydrogen-bond donors (Lipinski definition) is 3. The van der Waals surface area contributed by atoms with Gasteiger partial charge in [-0.3, -0.25) is 4.79 Å². The number of hydrogen-bond acceptors (Lipinski definition) is 5. The summed E-state index contributed by atoms with van der Waals surface area (Å²) in [5, 5.41) is 15.5. The van der Waals surface area contributed by atoms with Gasteiger partial charge >= 0.3 is 0 Å². The van der Waals surface area contributed by atoms with E-state index in [-0.39, 0.29) is 45.8 Å². The van der Waals surface area contributed by atoms with Crippen molar-refractivity contribution in [3.8, 4) is 0 Å². The maximum Gasteiger partial charge on any atom is 0.255 e. The number of anilines is 1. The minimum absolute atomic E-state index is 0.0566. The molecule has 0 aliphatic heterocycles. The quantitative estimate of drug-likeness (QED) is 0.506.